The summed E-state index contributed by atoms with van der Waals surface area (Å²) in [5.74, 6) is 0.363. The zero-order valence-electron chi connectivity index (χ0n) is 12.3. The minimum atomic E-state index is -0.429. The zero-order chi connectivity index (χ0) is 15.1. The van der Waals surface area contributed by atoms with Crippen molar-refractivity contribution in [3.8, 4) is 0 Å². The summed E-state index contributed by atoms with van der Waals surface area (Å²) in [6, 6.07) is 6.59. The first kappa shape index (κ1) is 15.9. The normalized spacial score (nSPS) is 14.9. The van der Waals surface area contributed by atoms with Crippen LogP contribution >= 0.6 is 11.8 Å². The molecule has 114 valence electrons. The van der Waals surface area contributed by atoms with Crippen molar-refractivity contribution in [3.63, 3.8) is 0 Å². The fraction of sp³-hybridized carbons (Fsp3) is 0.500. The van der Waals surface area contributed by atoms with Crippen LogP contribution in [0.15, 0.2) is 24.3 Å². The van der Waals surface area contributed by atoms with Gasteiger partial charge in [-0.25, -0.2) is 4.79 Å². The number of carbonyl (C=O) groups excluding carboxylic acids is 2. The Morgan fingerprint density at radius 3 is 2.71 bits per heavy atom. The molecule has 0 atom stereocenters. The molecule has 1 saturated carbocycles. The lowest BCUT2D eigenvalue weighted by atomic mass is 10.1. The van der Waals surface area contributed by atoms with Crippen molar-refractivity contribution in [1.29, 1.82) is 0 Å². The van der Waals surface area contributed by atoms with Crippen LogP contribution in [-0.2, 0) is 4.74 Å². The Balaban J connectivity index is 1.78. The summed E-state index contributed by atoms with van der Waals surface area (Å²) in [5, 5.41) is 3.66. The van der Waals surface area contributed by atoms with Crippen molar-refractivity contribution in [2.45, 2.75) is 30.9 Å². The monoisotopic (exact) mass is 307 g/mol. The van der Waals surface area contributed by atoms with E-state index in [4.69, 9.17) is 0 Å². The Kier molecular flexibility index (Phi) is 6.11. The average molecular weight is 307 g/mol. The minimum Gasteiger partial charge on any atom is -0.465 e. The van der Waals surface area contributed by atoms with Gasteiger partial charge in [-0.15, -0.1) is 0 Å². The summed E-state index contributed by atoms with van der Waals surface area (Å²) in [6.07, 6.45) is 5.29. The SMILES string of the molecule is COC(=O)c1cccc(C(=O)NCCSC2CCCC2)c1. The highest BCUT2D eigenvalue weighted by molar-refractivity contribution is 7.99. The number of rotatable bonds is 6. The molecule has 2 rings (SSSR count). The quantitative estimate of drug-likeness (QED) is 0.648. The first-order valence-corrected chi connectivity index (χ1v) is 8.34. The fourth-order valence-electron chi connectivity index (χ4n) is 2.45. The number of thioether (sulfide) groups is 1. The molecular weight excluding hydrogens is 286 g/mol. The van der Waals surface area contributed by atoms with E-state index in [-0.39, 0.29) is 5.91 Å². The molecule has 1 aromatic carbocycles. The lowest BCUT2D eigenvalue weighted by Crippen LogP contribution is -2.26. The van der Waals surface area contributed by atoms with E-state index in [1.165, 1.54) is 32.8 Å². The Bertz CT molecular complexity index is 498. The van der Waals surface area contributed by atoms with E-state index < -0.39 is 5.97 Å². The maximum absolute atomic E-state index is 12.0. The molecule has 0 unspecified atom stereocenters. The van der Waals surface area contributed by atoms with Gasteiger partial charge in [-0.1, -0.05) is 18.9 Å². The number of esters is 1. The van der Waals surface area contributed by atoms with Gasteiger partial charge in [0.05, 0.1) is 12.7 Å². The molecular formula is C16H21NO3S. The Morgan fingerprint density at radius 2 is 2.00 bits per heavy atom. The van der Waals surface area contributed by atoms with Crippen LogP contribution in [0.1, 0.15) is 46.4 Å². The number of carbonyl (C=O) groups is 2. The molecule has 0 spiro atoms. The highest BCUT2D eigenvalue weighted by Crippen LogP contribution is 2.28. The largest absolute Gasteiger partial charge is 0.465 e. The predicted octanol–water partition coefficient (Wildman–Crippen LogP) is 2.88. The van der Waals surface area contributed by atoms with Crippen LogP contribution in [0.4, 0.5) is 0 Å². The van der Waals surface area contributed by atoms with Crippen molar-refractivity contribution >= 4 is 23.6 Å². The van der Waals surface area contributed by atoms with Crippen LogP contribution in [0.5, 0.6) is 0 Å². The van der Waals surface area contributed by atoms with E-state index in [9.17, 15) is 9.59 Å². The Morgan fingerprint density at radius 1 is 1.29 bits per heavy atom. The molecule has 5 heteroatoms. The number of nitrogens with one attached hydrogen (secondary N) is 1. The lowest BCUT2D eigenvalue weighted by molar-refractivity contribution is 0.0600. The Hall–Kier alpha value is -1.49. The molecule has 1 amide bonds. The molecule has 0 heterocycles. The van der Waals surface area contributed by atoms with Gasteiger partial charge in [0.2, 0.25) is 0 Å². The summed E-state index contributed by atoms with van der Waals surface area (Å²) in [7, 11) is 1.33. The van der Waals surface area contributed by atoms with Crippen LogP contribution in [0.2, 0.25) is 0 Å². The second-order valence-corrected chi connectivity index (χ2v) is 6.51. The number of methoxy groups -OCH3 is 1. The molecule has 21 heavy (non-hydrogen) atoms. The van der Waals surface area contributed by atoms with E-state index in [2.05, 4.69) is 10.1 Å². The summed E-state index contributed by atoms with van der Waals surface area (Å²) >= 11 is 1.94. The van der Waals surface area contributed by atoms with Gasteiger partial charge < -0.3 is 10.1 Å². The number of hydrogen-bond donors (Lipinski definition) is 1. The van der Waals surface area contributed by atoms with E-state index in [1.54, 1.807) is 24.3 Å². The van der Waals surface area contributed by atoms with Crippen LogP contribution < -0.4 is 5.32 Å². The van der Waals surface area contributed by atoms with E-state index in [0.29, 0.717) is 17.7 Å². The molecule has 1 aliphatic rings. The minimum absolute atomic E-state index is 0.146. The van der Waals surface area contributed by atoms with Gasteiger partial charge in [0.1, 0.15) is 0 Å². The number of benzene rings is 1. The van der Waals surface area contributed by atoms with Crippen molar-refractivity contribution in [2.24, 2.45) is 0 Å². The average Bonchev–Trinajstić information content (AvgIpc) is 3.04. The number of hydrogen-bond acceptors (Lipinski definition) is 4. The van der Waals surface area contributed by atoms with Crippen LogP contribution in [-0.4, -0.2) is 36.5 Å². The molecule has 1 fully saturated rings. The second kappa shape index (κ2) is 8.08. The van der Waals surface area contributed by atoms with Gasteiger partial charge in [0.25, 0.3) is 5.91 Å². The van der Waals surface area contributed by atoms with Crippen LogP contribution in [0.25, 0.3) is 0 Å². The van der Waals surface area contributed by atoms with Gasteiger partial charge in [0, 0.05) is 23.1 Å². The number of ether oxygens (including phenoxy) is 1. The van der Waals surface area contributed by atoms with Crippen molar-refractivity contribution < 1.29 is 14.3 Å². The molecule has 4 nitrogen and oxygen atoms in total. The van der Waals surface area contributed by atoms with Gasteiger partial charge >= 0.3 is 5.97 Å². The second-order valence-electron chi connectivity index (χ2n) is 5.11. The molecule has 1 aromatic rings. The van der Waals surface area contributed by atoms with Gasteiger partial charge in [-0.2, -0.15) is 11.8 Å². The molecule has 1 N–H and O–H groups in total. The Labute approximate surface area is 129 Å². The molecule has 0 aromatic heterocycles. The van der Waals surface area contributed by atoms with Crippen molar-refractivity contribution in [3.05, 3.63) is 35.4 Å². The van der Waals surface area contributed by atoms with Crippen molar-refractivity contribution in [1.82, 2.24) is 5.32 Å². The van der Waals surface area contributed by atoms with Crippen LogP contribution in [0, 0.1) is 0 Å². The summed E-state index contributed by atoms with van der Waals surface area (Å²) in [5.41, 5.74) is 0.884. The maximum atomic E-state index is 12.0. The van der Waals surface area contributed by atoms with E-state index in [1.807, 2.05) is 11.8 Å². The molecule has 0 bridgehead atoms. The first-order chi connectivity index (χ1) is 10.2. The maximum Gasteiger partial charge on any atom is 0.337 e. The zero-order valence-corrected chi connectivity index (χ0v) is 13.1. The summed E-state index contributed by atoms with van der Waals surface area (Å²) < 4.78 is 4.65. The van der Waals surface area contributed by atoms with E-state index in [0.717, 1.165) is 11.0 Å². The number of amides is 1. The first-order valence-electron chi connectivity index (χ1n) is 7.29. The third-order valence-corrected chi connectivity index (χ3v) is 4.97. The highest BCUT2D eigenvalue weighted by Gasteiger charge is 2.15. The third kappa shape index (κ3) is 4.77. The molecule has 0 saturated heterocycles. The van der Waals surface area contributed by atoms with Crippen LogP contribution in [0.3, 0.4) is 0 Å². The standard InChI is InChI=1S/C16H21NO3S/c1-20-16(19)13-6-4-5-12(11-13)15(18)17-9-10-21-14-7-2-3-8-14/h4-6,11,14H,2-3,7-10H2,1H3,(H,17,18). The van der Waals surface area contributed by atoms with Gasteiger partial charge in [0.15, 0.2) is 0 Å². The van der Waals surface area contributed by atoms with Gasteiger partial charge in [-0.3, -0.25) is 4.79 Å². The highest BCUT2D eigenvalue weighted by atomic mass is 32.2. The summed E-state index contributed by atoms with van der Waals surface area (Å²) in [4.78, 5) is 23.5. The molecule has 1 aliphatic carbocycles. The molecule has 0 radical (unpaired) electrons. The van der Waals surface area contributed by atoms with Gasteiger partial charge in [-0.05, 0) is 31.0 Å². The topological polar surface area (TPSA) is 55.4 Å². The third-order valence-electron chi connectivity index (χ3n) is 3.59. The fourth-order valence-corrected chi connectivity index (χ4v) is 3.67. The summed E-state index contributed by atoms with van der Waals surface area (Å²) in [6.45, 7) is 0.655. The lowest BCUT2D eigenvalue weighted by Gasteiger charge is -2.09. The predicted molar refractivity (Wildman–Crippen MR) is 84.8 cm³/mol. The molecule has 0 aliphatic heterocycles. The van der Waals surface area contributed by atoms with E-state index >= 15 is 0 Å². The van der Waals surface area contributed by atoms with Crippen molar-refractivity contribution in [2.75, 3.05) is 19.4 Å². The smallest absolute Gasteiger partial charge is 0.337 e.